The first-order valence-corrected chi connectivity index (χ1v) is 16.8. The Kier molecular flexibility index (Phi) is 12.8. The highest BCUT2D eigenvalue weighted by molar-refractivity contribution is 6.02. The minimum absolute atomic E-state index is 0.175. The number of carbonyl (C=O) groups excluding carboxylic acids is 1. The molecule has 0 fully saturated rings. The van der Waals surface area contributed by atoms with E-state index in [1.807, 2.05) is 72.8 Å². The number of unbranched alkanes of at least 4 members (excludes halogenated alkanes) is 3. The smallest absolute Gasteiger partial charge is 0.255 e. The van der Waals surface area contributed by atoms with E-state index in [0.717, 1.165) is 48.1 Å². The number of amides is 1. The zero-order valence-corrected chi connectivity index (χ0v) is 30.0. The van der Waals surface area contributed by atoms with Crippen LogP contribution in [0.5, 0.6) is 46.0 Å². The molecule has 51 heavy (non-hydrogen) atoms. The molecule has 0 saturated heterocycles. The average Bonchev–Trinajstić information content (AvgIpc) is 3.17. The van der Waals surface area contributed by atoms with E-state index in [1.165, 1.54) is 0 Å². The number of methoxy groups -OCH3 is 6. The summed E-state index contributed by atoms with van der Waals surface area (Å²) < 4.78 is 45.0. The van der Waals surface area contributed by atoms with E-state index in [4.69, 9.17) is 37.9 Å². The highest BCUT2D eigenvalue weighted by Gasteiger charge is 2.26. The Bertz CT molecular complexity index is 1800. The van der Waals surface area contributed by atoms with Crippen molar-refractivity contribution in [3.63, 3.8) is 0 Å². The zero-order valence-electron chi connectivity index (χ0n) is 30.0. The van der Waals surface area contributed by atoms with Crippen molar-refractivity contribution in [2.75, 3.05) is 61.2 Å². The predicted molar refractivity (Wildman–Crippen MR) is 197 cm³/mol. The summed E-state index contributed by atoms with van der Waals surface area (Å²) in [6.07, 6.45) is 7.32. The summed E-state index contributed by atoms with van der Waals surface area (Å²) in [7, 11) is 9.60. The standard InChI is InChI=1S/C40H46N2O9/c1-44-29-15-16-31-30(25-29)40(43)42-39(41-31)28-14-18-33(34(24-28)46-3)50-19-9-7-8-10-20-51-35-21-26(13-17-32(35)45-2)11-12-27-22-36(47-4)38(49-6)37(23-27)48-5/h11-18,21-25,39,41H,7-10,19-20H2,1-6H3,(H,42,43). The number of rotatable bonds is 18. The van der Waals surface area contributed by atoms with Gasteiger partial charge in [-0.05, 0) is 97.0 Å². The first-order chi connectivity index (χ1) is 24.9. The molecule has 1 heterocycles. The van der Waals surface area contributed by atoms with Gasteiger partial charge in [-0.25, -0.2) is 0 Å². The molecule has 11 nitrogen and oxygen atoms in total. The first kappa shape index (κ1) is 36.6. The number of carbonyl (C=O) groups is 1. The lowest BCUT2D eigenvalue weighted by atomic mass is 10.0. The van der Waals surface area contributed by atoms with Crippen molar-refractivity contribution in [1.82, 2.24) is 5.32 Å². The van der Waals surface area contributed by atoms with Crippen LogP contribution in [0.15, 0.2) is 66.7 Å². The van der Waals surface area contributed by atoms with Crippen molar-refractivity contribution in [3.05, 3.63) is 89.0 Å². The van der Waals surface area contributed by atoms with Crippen LogP contribution in [-0.4, -0.2) is 61.8 Å². The molecule has 2 N–H and O–H groups in total. The van der Waals surface area contributed by atoms with Gasteiger partial charge in [0.25, 0.3) is 5.91 Å². The highest BCUT2D eigenvalue weighted by Crippen LogP contribution is 2.39. The van der Waals surface area contributed by atoms with E-state index in [1.54, 1.807) is 48.7 Å². The number of ether oxygens (including phenoxy) is 8. The number of hydrogen-bond acceptors (Lipinski definition) is 10. The predicted octanol–water partition coefficient (Wildman–Crippen LogP) is 7.78. The molecule has 0 bridgehead atoms. The molecule has 4 aromatic carbocycles. The quantitative estimate of drug-likeness (QED) is 0.0789. The minimum atomic E-state index is -0.406. The van der Waals surface area contributed by atoms with Crippen LogP contribution in [0.4, 0.5) is 5.69 Å². The Morgan fingerprint density at radius 3 is 1.82 bits per heavy atom. The molecule has 1 amide bonds. The van der Waals surface area contributed by atoms with Crippen molar-refractivity contribution >= 4 is 23.7 Å². The van der Waals surface area contributed by atoms with Gasteiger partial charge in [0.1, 0.15) is 11.9 Å². The molecule has 1 atom stereocenters. The summed E-state index contributed by atoms with van der Waals surface area (Å²) >= 11 is 0. The number of benzene rings is 4. The van der Waals surface area contributed by atoms with Crippen LogP contribution in [0.3, 0.4) is 0 Å². The third-order valence-electron chi connectivity index (χ3n) is 8.46. The maximum Gasteiger partial charge on any atom is 0.255 e. The van der Waals surface area contributed by atoms with E-state index in [9.17, 15) is 4.79 Å². The zero-order chi connectivity index (χ0) is 36.2. The van der Waals surface area contributed by atoms with Gasteiger partial charge in [-0.15, -0.1) is 0 Å². The fraction of sp³-hybridized carbons (Fsp3) is 0.325. The van der Waals surface area contributed by atoms with Gasteiger partial charge in [-0.1, -0.05) is 24.3 Å². The SMILES string of the molecule is COc1ccc2c(c1)C(=O)NC(c1ccc(OCCCCCCOc3cc(C=Cc4cc(OC)c(OC)c(OC)c4)ccc3OC)c(OC)c1)N2. The van der Waals surface area contributed by atoms with Gasteiger partial charge >= 0.3 is 0 Å². The molecule has 0 radical (unpaired) electrons. The van der Waals surface area contributed by atoms with Crippen molar-refractivity contribution < 1.29 is 42.7 Å². The third kappa shape index (κ3) is 9.10. The van der Waals surface area contributed by atoms with E-state index in [-0.39, 0.29) is 5.91 Å². The van der Waals surface area contributed by atoms with E-state index < -0.39 is 6.17 Å². The normalized spacial score (nSPS) is 13.5. The Hall–Kier alpha value is -5.71. The molecule has 0 aromatic heterocycles. The fourth-order valence-corrected chi connectivity index (χ4v) is 5.74. The average molecular weight is 699 g/mol. The van der Waals surface area contributed by atoms with Gasteiger partial charge in [0.15, 0.2) is 34.5 Å². The van der Waals surface area contributed by atoms with Gasteiger partial charge < -0.3 is 48.5 Å². The summed E-state index contributed by atoms with van der Waals surface area (Å²) in [6.45, 7) is 1.12. The molecular weight excluding hydrogens is 652 g/mol. The van der Waals surface area contributed by atoms with Crippen LogP contribution in [0.2, 0.25) is 0 Å². The third-order valence-corrected chi connectivity index (χ3v) is 8.46. The second-order valence-electron chi connectivity index (χ2n) is 11.7. The van der Waals surface area contributed by atoms with Crippen LogP contribution in [0, 0.1) is 0 Å². The maximum atomic E-state index is 12.8. The summed E-state index contributed by atoms with van der Waals surface area (Å²) in [4.78, 5) is 12.8. The second kappa shape index (κ2) is 17.8. The largest absolute Gasteiger partial charge is 0.497 e. The maximum absolute atomic E-state index is 12.8. The van der Waals surface area contributed by atoms with E-state index in [2.05, 4.69) is 10.6 Å². The highest BCUT2D eigenvalue weighted by atomic mass is 16.5. The molecular formula is C40H46N2O9. The Labute approximate surface area is 299 Å². The topological polar surface area (TPSA) is 115 Å². The molecule has 1 aliphatic heterocycles. The molecule has 4 aromatic rings. The van der Waals surface area contributed by atoms with Crippen molar-refractivity contribution in [2.24, 2.45) is 0 Å². The Balaban J connectivity index is 1.07. The first-order valence-electron chi connectivity index (χ1n) is 16.8. The van der Waals surface area contributed by atoms with Gasteiger partial charge in [0.05, 0.1) is 61.4 Å². The molecule has 0 spiro atoms. The second-order valence-corrected chi connectivity index (χ2v) is 11.7. The number of nitrogens with one attached hydrogen (secondary N) is 2. The van der Waals surface area contributed by atoms with Crippen molar-refractivity contribution in [3.8, 4) is 46.0 Å². The lowest BCUT2D eigenvalue weighted by molar-refractivity contribution is 0.0935. The number of fused-ring (bicyclic) bond motifs is 1. The summed E-state index contributed by atoms with van der Waals surface area (Å²) in [6, 6.07) is 20.7. The molecule has 11 heteroatoms. The Morgan fingerprint density at radius 1 is 0.549 bits per heavy atom. The minimum Gasteiger partial charge on any atom is -0.497 e. The molecule has 1 unspecified atom stereocenters. The molecule has 270 valence electrons. The Morgan fingerprint density at radius 2 is 1.18 bits per heavy atom. The fourth-order valence-electron chi connectivity index (χ4n) is 5.74. The summed E-state index contributed by atoms with van der Waals surface area (Å²) in [5.41, 5.74) is 4.00. The van der Waals surface area contributed by atoms with Crippen LogP contribution in [-0.2, 0) is 0 Å². The van der Waals surface area contributed by atoms with Crippen LogP contribution in [0.25, 0.3) is 12.2 Å². The number of hydrogen-bond donors (Lipinski definition) is 2. The van der Waals surface area contributed by atoms with Crippen molar-refractivity contribution in [1.29, 1.82) is 0 Å². The summed E-state index contributed by atoms with van der Waals surface area (Å²) in [5.74, 6) is 4.82. The van der Waals surface area contributed by atoms with Gasteiger partial charge in [-0.2, -0.15) is 0 Å². The van der Waals surface area contributed by atoms with Gasteiger partial charge in [0, 0.05) is 5.69 Å². The van der Waals surface area contributed by atoms with E-state index in [0.29, 0.717) is 64.8 Å². The lowest BCUT2D eigenvalue weighted by Gasteiger charge is -2.28. The molecule has 1 aliphatic rings. The van der Waals surface area contributed by atoms with Crippen molar-refractivity contribution in [2.45, 2.75) is 31.8 Å². The van der Waals surface area contributed by atoms with Gasteiger partial charge in [0.2, 0.25) is 5.75 Å². The molecule has 0 aliphatic carbocycles. The van der Waals surface area contributed by atoms with Gasteiger partial charge in [-0.3, -0.25) is 4.79 Å². The van der Waals surface area contributed by atoms with Crippen LogP contribution in [0.1, 0.15) is 58.9 Å². The lowest BCUT2D eigenvalue weighted by Crippen LogP contribution is -2.38. The summed E-state index contributed by atoms with van der Waals surface area (Å²) in [5, 5.41) is 6.36. The van der Waals surface area contributed by atoms with Crippen LogP contribution >= 0.6 is 0 Å². The van der Waals surface area contributed by atoms with Crippen LogP contribution < -0.4 is 48.5 Å². The molecule has 0 saturated carbocycles. The monoisotopic (exact) mass is 698 g/mol. The molecule has 5 rings (SSSR count). The number of anilines is 1. The van der Waals surface area contributed by atoms with E-state index >= 15 is 0 Å².